The summed E-state index contributed by atoms with van der Waals surface area (Å²) < 4.78 is 17.6. The van der Waals surface area contributed by atoms with Crippen molar-refractivity contribution in [1.82, 2.24) is 9.80 Å². The van der Waals surface area contributed by atoms with Gasteiger partial charge in [-0.3, -0.25) is 9.59 Å². The topological polar surface area (TPSA) is 88.5 Å². The molecule has 1 atom stereocenters. The van der Waals surface area contributed by atoms with Crippen molar-refractivity contribution in [2.45, 2.75) is 46.3 Å². The molecule has 0 bridgehead atoms. The molecule has 0 saturated carbocycles. The Morgan fingerprint density at radius 3 is 2.37 bits per heavy atom. The van der Waals surface area contributed by atoms with E-state index in [-0.39, 0.29) is 11.3 Å². The number of hydrogen-bond donors (Lipinski definition) is 1. The van der Waals surface area contributed by atoms with Crippen LogP contribution in [0.25, 0.3) is 5.76 Å². The molecule has 1 unspecified atom stereocenters. The number of carbonyl (C=O) groups is 2. The number of unbranched alkanes of at least 4 members (excludes halogenated alkanes) is 1. The van der Waals surface area contributed by atoms with Gasteiger partial charge in [-0.2, -0.15) is 0 Å². The first-order chi connectivity index (χ1) is 20.9. The third-order valence-corrected chi connectivity index (χ3v) is 7.71. The monoisotopic (exact) mass is 586 g/mol. The number of aliphatic hydroxyl groups excluding tert-OH is 1. The number of nitrogens with zero attached hydrogens (tertiary/aromatic N) is 2. The number of Topliss-reactive ketones (excluding diaryl/α,β-unsaturated/α-hetero) is 1. The largest absolute Gasteiger partial charge is 0.507 e. The number of methoxy groups -OCH3 is 1. The molecule has 8 heteroatoms. The number of rotatable bonds is 15. The number of benzene rings is 3. The maximum absolute atomic E-state index is 13.6. The van der Waals surface area contributed by atoms with Gasteiger partial charge in [0.25, 0.3) is 11.7 Å². The van der Waals surface area contributed by atoms with Crippen molar-refractivity contribution in [2.24, 2.45) is 0 Å². The highest BCUT2D eigenvalue weighted by atomic mass is 16.5. The lowest BCUT2D eigenvalue weighted by Crippen LogP contribution is -2.38. The van der Waals surface area contributed by atoms with E-state index in [4.69, 9.17) is 14.2 Å². The molecule has 1 N–H and O–H groups in total. The van der Waals surface area contributed by atoms with Crippen LogP contribution in [0.2, 0.25) is 0 Å². The average Bonchev–Trinajstić information content (AvgIpc) is 3.29. The van der Waals surface area contributed by atoms with E-state index in [1.807, 2.05) is 42.5 Å². The fourth-order valence-corrected chi connectivity index (χ4v) is 5.18. The first-order valence-corrected chi connectivity index (χ1v) is 15.0. The minimum absolute atomic E-state index is 0.0373. The van der Waals surface area contributed by atoms with Crippen LogP contribution in [0.4, 0.5) is 0 Å². The van der Waals surface area contributed by atoms with Gasteiger partial charge in [-0.25, -0.2) is 0 Å². The molecule has 1 amide bonds. The third-order valence-electron chi connectivity index (χ3n) is 7.71. The Morgan fingerprint density at radius 1 is 0.907 bits per heavy atom. The highest BCUT2D eigenvalue weighted by Gasteiger charge is 2.46. The molecule has 1 aliphatic rings. The van der Waals surface area contributed by atoms with E-state index in [1.54, 1.807) is 42.3 Å². The number of amides is 1. The summed E-state index contributed by atoms with van der Waals surface area (Å²) in [6, 6.07) is 21.4. The standard InChI is InChI=1S/C35H42N2O6/c1-5-8-21-42-28-16-12-15-27(22-28)33(38)31-32(37(35(40)34(31)39)20-19-36(6-2)7-3)26-17-18-29(30(23-26)41-4)43-24-25-13-10-9-11-14-25/h9-18,22-23,32,38H,5-8,19-21,24H2,1-4H3/b33-31+. The van der Waals surface area contributed by atoms with Crippen LogP contribution in [-0.2, 0) is 16.2 Å². The minimum atomic E-state index is -0.808. The summed E-state index contributed by atoms with van der Waals surface area (Å²) in [4.78, 5) is 30.8. The highest BCUT2D eigenvalue weighted by Crippen LogP contribution is 2.42. The van der Waals surface area contributed by atoms with Gasteiger partial charge in [-0.05, 0) is 54.9 Å². The van der Waals surface area contributed by atoms with Crippen LogP contribution in [0.5, 0.6) is 17.2 Å². The van der Waals surface area contributed by atoms with Crippen molar-refractivity contribution < 1.29 is 28.9 Å². The average molecular weight is 587 g/mol. The molecule has 1 heterocycles. The molecule has 1 aliphatic heterocycles. The normalized spacial score (nSPS) is 16.1. The van der Waals surface area contributed by atoms with E-state index < -0.39 is 17.7 Å². The summed E-state index contributed by atoms with van der Waals surface area (Å²) >= 11 is 0. The molecule has 0 radical (unpaired) electrons. The van der Waals surface area contributed by atoms with Gasteiger partial charge in [0.05, 0.1) is 25.3 Å². The van der Waals surface area contributed by atoms with E-state index >= 15 is 0 Å². The lowest BCUT2D eigenvalue weighted by Gasteiger charge is -2.28. The predicted molar refractivity (Wildman–Crippen MR) is 167 cm³/mol. The van der Waals surface area contributed by atoms with Crippen molar-refractivity contribution in [3.05, 3.63) is 95.1 Å². The van der Waals surface area contributed by atoms with Crippen molar-refractivity contribution >= 4 is 17.4 Å². The van der Waals surface area contributed by atoms with E-state index in [0.29, 0.717) is 54.7 Å². The van der Waals surface area contributed by atoms with Crippen LogP contribution in [-0.4, -0.2) is 66.5 Å². The first-order valence-electron chi connectivity index (χ1n) is 15.0. The molecule has 3 aromatic rings. The third kappa shape index (κ3) is 7.56. The summed E-state index contributed by atoms with van der Waals surface area (Å²) in [5.41, 5.74) is 2.10. The van der Waals surface area contributed by atoms with Crippen molar-refractivity contribution in [1.29, 1.82) is 0 Å². The van der Waals surface area contributed by atoms with Gasteiger partial charge in [-0.15, -0.1) is 0 Å². The number of aliphatic hydroxyl groups is 1. The molecule has 43 heavy (non-hydrogen) atoms. The fraction of sp³-hybridized carbons (Fsp3) is 0.371. The second-order valence-corrected chi connectivity index (χ2v) is 10.4. The Bertz CT molecular complexity index is 1420. The molecule has 0 aliphatic carbocycles. The Hall–Kier alpha value is -4.30. The van der Waals surface area contributed by atoms with Crippen LogP contribution in [0, 0.1) is 0 Å². The maximum atomic E-state index is 13.6. The van der Waals surface area contributed by atoms with Crippen LogP contribution in [0.1, 0.15) is 56.3 Å². The van der Waals surface area contributed by atoms with Gasteiger partial charge in [0.15, 0.2) is 11.5 Å². The minimum Gasteiger partial charge on any atom is -0.507 e. The second-order valence-electron chi connectivity index (χ2n) is 10.4. The Morgan fingerprint density at radius 2 is 1.67 bits per heavy atom. The number of carbonyl (C=O) groups excluding carboxylic acids is 2. The number of ether oxygens (including phenoxy) is 3. The molecule has 228 valence electrons. The Labute approximate surface area is 254 Å². The fourth-order valence-electron chi connectivity index (χ4n) is 5.18. The molecule has 0 aromatic heterocycles. The quantitative estimate of drug-likeness (QED) is 0.0980. The van der Waals surface area contributed by atoms with Crippen LogP contribution < -0.4 is 14.2 Å². The number of likely N-dealkylation sites (N-methyl/N-ethyl adjacent to an activating group) is 1. The van der Waals surface area contributed by atoms with Gasteiger partial charge in [0.2, 0.25) is 0 Å². The summed E-state index contributed by atoms with van der Waals surface area (Å²) in [6.45, 7) is 9.66. The van der Waals surface area contributed by atoms with Gasteiger partial charge < -0.3 is 29.1 Å². The lowest BCUT2D eigenvalue weighted by atomic mass is 9.95. The molecule has 0 spiro atoms. The molecule has 4 rings (SSSR count). The van der Waals surface area contributed by atoms with Gasteiger partial charge >= 0.3 is 0 Å². The first kappa shape index (κ1) is 31.6. The molecule has 1 fully saturated rings. The van der Waals surface area contributed by atoms with E-state index in [1.165, 1.54) is 0 Å². The van der Waals surface area contributed by atoms with E-state index in [9.17, 15) is 14.7 Å². The van der Waals surface area contributed by atoms with Crippen LogP contribution >= 0.6 is 0 Å². The van der Waals surface area contributed by atoms with Gasteiger partial charge in [0.1, 0.15) is 18.1 Å². The maximum Gasteiger partial charge on any atom is 0.295 e. The zero-order valence-corrected chi connectivity index (χ0v) is 25.5. The van der Waals surface area contributed by atoms with Crippen molar-refractivity contribution in [2.75, 3.05) is 39.9 Å². The van der Waals surface area contributed by atoms with E-state index in [2.05, 4.69) is 25.7 Å². The highest BCUT2D eigenvalue weighted by molar-refractivity contribution is 6.46. The van der Waals surface area contributed by atoms with Crippen molar-refractivity contribution in [3.63, 3.8) is 0 Å². The summed E-state index contributed by atoms with van der Waals surface area (Å²) in [5.74, 6) is -0.00856. The number of likely N-dealkylation sites (tertiary alicyclic amines) is 1. The lowest BCUT2D eigenvalue weighted by molar-refractivity contribution is -0.140. The predicted octanol–water partition coefficient (Wildman–Crippen LogP) is 6.22. The zero-order chi connectivity index (χ0) is 30.8. The van der Waals surface area contributed by atoms with Crippen LogP contribution in [0.3, 0.4) is 0 Å². The van der Waals surface area contributed by atoms with Crippen LogP contribution in [0.15, 0.2) is 78.4 Å². The molecule has 1 saturated heterocycles. The van der Waals surface area contributed by atoms with Gasteiger partial charge in [-0.1, -0.05) is 75.7 Å². The molecular formula is C35H42N2O6. The summed E-state index contributed by atoms with van der Waals surface area (Å²) in [7, 11) is 1.55. The second kappa shape index (κ2) is 15.3. The number of hydrogen-bond acceptors (Lipinski definition) is 7. The Balaban J connectivity index is 1.74. The summed E-state index contributed by atoms with van der Waals surface area (Å²) in [5, 5.41) is 11.6. The molecule has 8 nitrogen and oxygen atoms in total. The SMILES string of the molecule is CCCCOc1cccc(/C(O)=C2\C(=O)C(=O)N(CCN(CC)CC)C2c2ccc(OCc3ccccc3)c(OC)c2)c1. The zero-order valence-electron chi connectivity index (χ0n) is 25.5. The van der Waals surface area contributed by atoms with Gasteiger partial charge in [0, 0.05) is 18.7 Å². The molecule has 3 aromatic carbocycles. The van der Waals surface area contributed by atoms with E-state index in [0.717, 1.165) is 31.5 Å². The summed E-state index contributed by atoms with van der Waals surface area (Å²) in [6.07, 6.45) is 1.90. The molecular weight excluding hydrogens is 544 g/mol. The Kier molecular flexibility index (Phi) is 11.2. The van der Waals surface area contributed by atoms with Crippen molar-refractivity contribution in [3.8, 4) is 17.2 Å². The number of ketones is 1. The smallest absolute Gasteiger partial charge is 0.295 e.